The number of aromatic nitrogens is 1. The Bertz CT molecular complexity index is 408. The third kappa shape index (κ3) is 2.55. The number of carbonyl (C=O) groups is 1. The Kier molecular flexibility index (Phi) is 3.58. The molecule has 1 amide bonds. The van der Waals surface area contributed by atoms with Crippen molar-refractivity contribution < 1.29 is 14.6 Å². The van der Waals surface area contributed by atoms with Gasteiger partial charge in [-0.1, -0.05) is 0 Å². The molecule has 92 valence electrons. The van der Waals surface area contributed by atoms with Gasteiger partial charge in [-0.2, -0.15) is 0 Å². The van der Waals surface area contributed by atoms with Gasteiger partial charge >= 0.3 is 0 Å². The lowest BCUT2D eigenvalue weighted by Gasteiger charge is -2.19. The normalized spacial score (nSPS) is 23.6. The summed E-state index contributed by atoms with van der Waals surface area (Å²) in [5.74, 6) is -0.379. The molecule has 1 saturated carbocycles. The van der Waals surface area contributed by atoms with E-state index in [1.165, 1.54) is 18.5 Å². The van der Waals surface area contributed by atoms with Crippen molar-refractivity contribution in [3.63, 3.8) is 0 Å². The quantitative estimate of drug-likeness (QED) is 0.824. The third-order valence-corrected chi connectivity index (χ3v) is 3.12. The van der Waals surface area contributed by atoms with Crippen LogP contribution in [0.15, 0.2) is 18.5 Å². The molecule has 0 radical (unpaired) electrons. The lowest BCUT2D eigenvalue weighted by atomic mass is 10.1. The van der Waals surface area contributed by atoms with Crippen molar-refractivity contribution in [3.8, 4) is 5.75 Å². The van der Waals surface area contributed by atoms with E-state index in [9.17, 15) is 9.90 Å². The van der Waals surface area contributed by atoms with E-state index < -0.39 is 0 Å². The van der Waals surface area contributed by atoms with Crippen LogP contribution < -0.4 is 5.32 Å². The van der Waals surface area contributed by atoms with Crippen LogP contribution in [0.2, 0.25) is 0 Å². The number of hydrogen-bond donors (Lipinski definition) is 2. The van der Waals surface area contributed by atoms with Crippen LogP contribution in [0.3, 0.4) is 0 Å². The highest BCUT2D eigenvalue weighted by molar-refractivity contribution is 5.96. The van der Waals surface area contributed by atoms with E-state index in [-0.39, 0.29) is 29.4 Å². The van der Waals surface area contributed by atoms with Gasteiger partial charge < -0.3 is 15.2 Å². The van der Waals surface area contributed by atoms with Crippen LogP contribution in [0, 0.1) is 0 Å². The fourth-order valence-electron chi connectivity index (χ4n) is 2.20. The Morgan fingerprint density at radius 3 is 3.12 bits per heavy atom. The molecule has 1 aromatic heterocycles. The van der Waals surface area contributed by atoms with Crippen molar-refractivity contribution >= 4 is 5.91 Å². The second-order valence-electron chi connectivity index (χ2n) is 4.18. The van der Waals surface area contributed by atoms with E-state index in [0.717, 1.165) is 19.3 Å². The Balaban J connectivity index is 2.04. The highest BCUT2D eigenvalue weighted by atomic mass is 16.5. The number of pyridine rings is 1. The largest absolute Gasteiger partial charge is 0.505 e. The maximum Gasteiger partial charge on any atom is 0.255 e. The minimum Gasteiger partial charge on any atom is -0.505 e. The highest BCUT2D eigenvalue weighted by Crippen LogP contribution is 2.22. The molecule has 2 N–H and O–H groups in total. The van der Waals surface area contributed by atoms with Crippen LogP contribution in [0.25, 0.3) is 0 Å². The summed E-state index contributed by atoms with van der Waals surface area (Å²) in [6.07, 6.45) is 5.74. The number of nitrogens with one attached hydrogen (secondary N) is 1. The Labute approximate surface area is 99.8 Å². The summed E-state index contributed by atoms with van der Waals surface area (Å²) in [6.45, 7) is 0. The minimum atomic E-state index is -0.279. The second kappa shape index (κ2) is 5.14. The SMILES string of the molecule is COC1CCCC1NC(=O)c1ccncc1O. The zero-order valence-corrected chi connectivity index (χ0v) is 9.72. The second-order valence-corrected chi connectivity index (χ2v) is 4.18. The molecule has 0 bridgehead atoms. The van der Waals surface area contributed by atoms with E-state index in [1.54, 1.807) is 7.11 Å². The zero-order valence-electron chi connectivity index (χ0n) is 9.72. The number of methoxy groups -OCH3 is 1. The van der Waals surface area contributed by atoms with Gasteiger partial charge in [-0.3, -0.25) is 9.78 Å². The average Bonchev–Trinajstić information content (AvgIpc) is 2.76. The van der Waals surface area contributed by atoms with Gasteiger partial charge in [0.05, 0.1) is 23.9 Å². The van der Waals surface area contributed by atoms with Crippen molar-refractivity contribution in [2.24, 2.45) is 0 Å². The first-order valence-corrected chi connectivity index (χ1v) is 5.69. The fraction of sp³-hybridized carbons (Fsp3) is 0.500. The Hall–Kier alpha value is -1.62. The summed E-state index contributed by atoms with van der Waals surface area (Å²) < 4.78 is 5.30. The lowest BCUT2D eigenvalue weighted by molar-refractivity contribution is 0.0720. The first-order chi connectivity index (χ1) is 8.22. The summed E-state index contributed by atoms with van der Waals surface area (Å²) in [5, 5.41) is 12.4. The maximum atomic E-state index is 11.9. The summed E-state index contributed by atoms with van der Waals surface area (Å²) in [5.41, 5.74) is 0.252. The van der Waals surface area contributed by atoms with Crippen LogP contribution in [0.1, 0.15) is 29.6 Å². The van der Waals surface area contributed by atoms with Crippen molar-refractivity contribution in [1.82, 2.24) is 10.3 Å². The van der Waals surface area contributed by atoms with Crippen LogP contribution in [-0.2, 0) is 4.74 Å². The van der Waals surface area contributed by atoms with Crippen molar-refractivity contribution in [3.05, 3.63) is 24.0 Å². The molecule has 1 fully saturated rings. The van der Waals surface area contributed by atoms with Crippen molar-refractivity contribution in [2.45, 2.75) is 31.4 Å². The van der Waals surface area contributed by atoms with E-state index in [0.29, 0.717) is 0 Å². The zero-order chi connectivity index (χ0) is 12.3. The first-order valence-electron chi connectivity index (χ1n) is 5.69. The van der Waals surface area contributed by atoms with E-state index in [1.807, 2.05) is 0 Å². The molecule has 1 aliphatic carbocycles. The Morgan fingerprint density at radius 1 is 1.59 bits per heavy atom. The molecule has 1 aromatic rings. The molecule has 5 nitrogen and oxygen atoms in total. The molecule has 2 rings (SSSR count). The lowest BCUT2D eigenvalue weighted by Crippen LogP contribution is -2.40. The summed E-state index contributed by atoms with van der Waals surface area (Å²) in [7, 11) is 1.65. The van der Waals surface area contributed by atoms with Gasteiger partial charge in [0.2, 0.25) is 0 Å². The van der Waals surface area contributed by atoms with Gasteiger partial charge in [0, 0.05) is 13.3 Å². The molecule has 17 heavy (non-hydrogen) atoms. The summed E-state index contributed by atoms with van der Waals surface area (Å²) in [4.78, 5) is 15.7. The fourth-order valence-corrected chi connectivity index (χ4v) is 2.20. The monoisotopic (exact) mass is 236 g/mol. The molecule has 1 aliphatic rings. The third-order valence-electron chi connectivity index (χ3n) is 3.12. The van der Waals surface area contributed by atoms with Crippen LogP contribution in [0.4, 0.5) is 0 Å². The maximum absolute atomic E-state index is 11.9. The molecule has 0 saturated heterocycles. The summed E-state index contributed by atoms with van der Waals surface area (Å²) >= 11 is 0. The minimum absolute atomic E-state index is 0.0278. The van der Waals surface area contributed by atoms with E-state index in [2.05, 4.69) is 10.3 Å². The smallest absolute Gasteiger partial charge is 0.255 e. The first kappa shape index (κ1) is 11.9. The average molecular weight is 236 g/mol. The molecule has 2 atom stereocenters. The van der Waals surface area contributed by atoms with Gasteiger partial charge in [0.25, 0.3) is 5.91 Å². The van der Waals surface area contributed by atoms with Gasteiger partial charge in [0.1, 0.15) is 5.75 Å². The van der Waals surface area contributed by atoms with E-state index >= 15 is 0 Å². The van der Waals surface area contributed by atoms with Gasteiger partial charge in [-0.05, 0) is 25.3 Å². The predicted octanol–water partition coefficient (Wildman–Crippen LogP) is 1.08. The number of ether oxygens (including phenoxy) is 1. The van der Waals surface area contributed by atoms with Crippen LogP contribution in [0.5, 0.6) is 5.75 Å². The van der Waals surface area contributed by atoms with Crippen LogP contribution in [-0.4, -0.2) is 35.3 Å². The number of carbonyl (C=O) groups excluding carboxylic acids is 1. The molecule has 0 aromatic carbocycles. The molecule has 0 aliphatic heterocycles. The Morgan fingerprint density at radius 2 is 2.41 bits per heavy atom. The molecule has 0 spiro atoms. The van der Waals surface area contributed by atoms with Gasteiger partial charge in [-0.25, -0.2) is 0 Å². The van der Waals surface area contributed by atoms with Crippen molar-refractivity contribution in [1.29, 1.82) is 0 Å². The van der Waals surface area contributed by atoms with Gasteiger partial charge in [0.15, 0.2) is 0 Å². The van der Waals surface area contributed by atoms with Crippen LogP contribution >= 0.6 is 0 Å². The predicted molar refractivity (Wildman–Crippen MR) is 61.8 cm³/mol. The molecular weight excluding hydrogens is 220 g/mol. The number of aromatic hydroxyl groups is 1. The van der Waals surface area contributed by atoms with Gasteiger partial charge in [-0.15, -0.1) is 0 Å². The molecule has 2 unspecified atom stereocenters. The number of rotatable bonds is 3. The number of amides is 1. The number of hydrogen-bond acceptors (Lipinski definition) is 4. The molecule has 5 heteroatoms. The summed E-state index contributed by atoms with van der Waals surface area (Å²) in [6, 6.07) is 1.53. The standard InChI is InChI=1S/C12H16N2O3/c1-17-11-4-2-3-9(11)14-12(16)8-5-6-13-7-10(8)15/h5-7,9,11,15H,2-4H2,1H3,(H,14,16). The van der Waals surface area contributed by atoms with E-state index in [4.69, 9.17) is 4.74 Å². The van der Waals surface area contributed by atoms with Crippen molar-refractivity contribution in [2.75, 3.05) is 7.11 Å². The number of nitrogens with zero attached hydrogens (tertiary/aromatic N) is 1. The highest BCUT2D eigenvalue weighted by Gasteiger charge is 2.29. The molecular formula is C12H16N2O3. The molecule has 1 heterocycles. The topological polar surface area (TPSA) is 71.5 Å².